The fraction of sp³-hybridized carbons (Fsp3) is 0.562. The van der Waals surface area contributed by atoms with Gasteiger partial charge in [-0.1, -0.05) is 65.1 Å². The number of hydrogen-bond donors (Lipinski definition) is 1. The highest BCUT2D eigenvalue weighted by Crippen LogP contribution is 2.33. The number of alkyl halides is 3. The first-order valence-corrected chi connectivity index (χ1v) is 8.68. The van der Waals surface area contributed by atoms with Crippen molar-refractivity contribution < 1.29 is 9.53 Å². The molecule has 0 spiro atoms. The van der Waals surface area contributed by atoms with E-state index < -0.39 is 9.96 Å². The highest BCUT2D eigenvalue weighted by atomic mass is 35.6. The van der Waals surface area contributed by atoms with Gasteiger partial charge in [0.1, 0.15) is 6.17 Å². The van der Waals surface area contributed by atoms with Gasteiger partial charge in [-0.25, -0.2) is 0 Å². The quantitative estimate of drug-likeness (QED) is 0.817. The summed E-state index contributed by atoms with van der Waals surface area (Å²) in [6, 6.07) is 9.47. The maximum Gasteiger partial charge on any atom is 0.225 e. The van der Waals surface area contributed by atoms with Crippen LogP contribution in [-0.4, -0.2) is 46.1 Å². The SMILES string of the molecule is C[C@@H]1CN([C@H](NC(=O)Cc2ccccc2)C(Cl)(Cl)Cl)C[C@@H](C)O1. The normalized spacial score (nSPS) is 24.2. The second-order valence-corrected chi connectivity index (χ2v) is 8.25. The lowest BCUT2D eigenvalue weighted by atomic mass is 10.1. The molecule has 7 heteroatoms. The fourth-order valence-electron chi connectivity index (χ4n) is 2.79. The minimum absolute atomic E-state index is 0.0135. The molecule has 1 saturated heterocycles. The summed E-state index contributed by atoms with van der Waals surface area (Å²) in [6.45, 7) is 5.11. The van der Waals surface area contributed by atoms with Crippen molar-refractivity contribution in [1.82, 2.24) is 10.2 Å². The van der Waals surface area contributed by atoms with Gasteiger partial charge in [-0.05, 0) is 19.4 Å². The number of carbonyl (C=O) groups is 1. The lowest BCUT2D eigenvalue weighted by molar-refractivity contribution is -0.125. The minimum atomic E-state index is -1.62. The predicted octanol–water partition coefficient (Wildman–Crippen LogP) is 3.15. The van der Waals surface area contributed by atoms with E-state index in [9.17, 15) is 4.79 Å². The third-order valence-electron chi connectivity index (χ3n) is 3.63. The first kappa shape index (κ1) is 18.8. The largest absolute Gasteiger partial charge is 0.373 e. The number of halogens is 3. The molecule has 1 aromatic carbocycles. The Hall–Kier alpha value is -0.520. The maximum absolute atomic E-state index is 12.3. The number of benzene rings is 1. The molecule has 1 N–H and O–H groups in total. The molecule has 4 nitrogen and oxygen atoms in total. The molecule has 23 heavy (non-hydrogen) atoms. The summed E-state index contributed by atoms with van der Waals surface area (Å²) >= 11 is 18.3. The molecule has 128 valence electrons. The van der Waals surface area contributed by atoms with Crippen molar-refractivity contribution in [3.8, 4) is 0 Å². The van der Waals surface area contributed by atoms with Gasteiger partial charge in [-0.2, -0.15) is 0 Å². The molecule has 1 amide bonds. The summed E-state index contributed by atoms with van der Waals surface area (Å²) in [5, 5.41) is 2.85. The number of rotatable bonds is 4. The number of amides is 1. The van der Waals surface area contributed by atoms with E-state index in [0.29, 0.717) is 13.1 Å². The van der Waals surface area contributed by atoms with Gasteiger partial charge in [0.2, 0.25) is 9.70 Å². The minimum Gasteiger partial charge on any atom is -0.373 e. The van der Waals surface area contributed by atoms with Crippen molar-refractivity contribution >= 4 is 40.7 Å². The van der Waals surface area contributed by atoms with Gasteiger partial charge >= 0.3 is 0 Å². The average molecular weight is 380 g/mol. The Morgan fingerprint density at radius 2 is 1.83 bits per heavy atom. The summed E-state index contributed by atoms with van der Waals surface area (Å²) in [7, 11) is 0. The number of nitrogens with zero attached hydrogens (tertiary/aromatic N) is 1. The van der Waals surface area contributed by atoms with E-state index in [4.69, 9.17) is 39.5 Å². The average Bonchev–Trinajstić information content (AvgIpc) is 2.43. The van der Waals surface area contributed by atoms with E-state index in [2.05, 4.69) is 5.32 Å². The number of morpholine rings is 1. The topological polar surface area (TPSA) is 41.6 Å². The Kier molecular flexibility index (Phi) is 6.57. The van der Waals surface area contributed by atoms with Gasteiger partial charge in [0.25, 0.3) is 0 Å². The summed E-state index contributed by atoms with van der Waals surface area (Å²) in [5.41, 5.74) is 0.914. The van der Waals surface area contributed by atoms with Crippen LogP contribution in [0.25, 0.3) is 0 Å². The van der Waals surface area contributed by atoms with Crippen molar-refractivity contribution in [2.75, 3.05) is 13.1 Å². The second kappa shape index (κ2) is 8.04. The zero-order valence-corrected chi connectivity index (χ0v) is 15.4. The molecule has 0 aliphatic carbocycles. The van der Waals surface area contributed by atoms with Crippen LogP contribution in [0.1, 0.15) is 19.4 Å². The highest BCUT2D eigenvalue weighted by Gasteiger charge is 2.41. The van der Waals surface area contributed by atoms with Crippen molar-refractivity contribution in [2.24, 2.45) is 0 Å². The maximum atomic E-state index is 12.3. The summed E-state index contributed by atoms with van der Waals surface area (Å²) < 4.78 is 4.07. The molecule has 1 aromatic rings. The first-order chi connectivity index (χ1) is 10.8. The zero-order valence-electron chi connectivity index (χ0n) is 13.1. The van der Waals surface area contributed by atoms with Crippen LogP contribution in [0.3, 0.4) is 0 Å². The zero-order chi connectivity index (χ0) is 17.0. The van der Waals surface area contributed by atoms with E-state index in [1.165, 1.54) is 0 Å². The van der Waals surface area contributed by atoms with E-state index >= 15 is 0 Å². The fourth-order valence-corrected chi connectivity index (χ4v) is 3.37. The van der Waals surface area contributed by atoms with Crippen molar-refractivity contribution in [2.45, 2.75) is 42.4 Å². The summed E-state index contributed by atoms with van der Waals surface area (Å²) in [6.07, 6.45) is -0.426. The molecule has 0 unspecified atom stereocenters. The van der Waals surface area contributed by atoms with Gasteiger partial charge in [0.15, 0.2) is 0 Å². The van der Waals surface area contributed by atoms with Gasteiger partial charge < -0.3 is 10.1 Å². The van der Waals surface area contributed by atoms with E-state index in [1.54, 1.807) is 0 Å². The molecular weight excluding hydrogens is 359 g/mol. The molecule has 2 rings (SSSR count). The van der Waals surface area contributed by atoms with E-state index in [1.807, 2.05) is 49.1 Å². The van der Waals surface area contributed by atoms with Crippen LogP contribution in [0.5, 0.6) is 0 Å². The Morgan fingerprint density at radius 3 is 2.35 bits per heavy atom. The summed E-state index contributed by atoms with van der Waals surface area (Å²) in [5.74, 6) is -0.181. The molecule has 0 saturated carbocycles. The van der Waals surface area contributed by atoms with Crippen LogP contribution in [0.2, 0.25) is 0 Å². The van der Waals surface area contributed by atoms with Gasteiger partial charge in [-0.15, -0.1) is 0 Å². The molecule has 1 aliphatic rings. The first-order valence-electron chi connectivity index (χ1n) is 7.55. The lowest BCUT2D eigenvalue weighted by Crippen LogP contribution is -2.61. The Bertz CT molecular complexity index is 512. The smallest absolute Gasteiger partial charge is 0.225 e. The van der Waals surface area contributed by atoms with Crippen LogP contribution < -0.4 is 5.32 Å². The Labute approximate surface area is 152 Å². The molecule has 1 heterocycles. The molecule has 0 aromatic heterocycles. The Balaban J connectivity index is 2.05. The molecule has 0 radical (unpaired) electrons. The van der Waals surface area contributed by atoms with Crippen LogP contribution in [-0.2, 0) is 16.0 Å². The van der Waals surface area contributed by atoms with Crippen molar-refractivity contribution in [3.63, 3.8) is 0 Å². The number of hydrogen-bond acceptors (Lipinski definition) is 3. The molecule has 3 atom stereocenters. The summed E-state index contributed by atoms with van der Waals surface area (Å²) in [4.78, 5) is 14.3. The number of carbonyl (C=O) groups excluding carboxylic acids is 1. The van der Waals surface area contributed by atoms with Gasteiger partial charge in [-0.3, -0.25) is 9.69 Å². The highest BCUT2D eigenvalue weighted by molar-refractivity contribution is 6.68. The molecular formula is C16H21Cl3N2O2. The predicted molar refractivity (Wildman–Crippen MR) is 93.9 cm³/mol. The van der Waals surface area contributed by atoms with Crippen LogP contribution >= 0.6 is 34.8 Å². The lowest BCUT2D eigenvalue weighted by Gasteiger charge is -2.42. The van der Waals surface area contributed by atoms with Gasteiger partial charge in [0, 0.05) is 13.1 Å². The van der Waals surface area contributed by atoms with Crippen molar-refractivity contribution in [1.29, 1.82) is 0 Å². The monoisotopic (exact) mass is 378 g/mol. The van der Waals surface area contributed by atoms with Crippen LogP contribution in [0, 0.1) is 0 Å². The Morgan fingerprint density at radius 1 is 1.26 bits per heavy atom. The van der Waals surface area contributed by atoms with E-state index in [0.717, 1.165) is 5.56 Å². The van der Waals surface area contributed by atoms with Crippen LogP contribution in [0.4, 0.5) is 0 Å². The molecule has 0 bridgehead atoms. The number of ether oxygens (including phenoxy) is 1. The second-order valence-electron chi connectivity index (χ2n) is 5.89. The van der Waals surface area contributed by atoms with Gasteiger partial charge in [0.05, 0.1) is 18.6 Å². The molecule has 1 aliphatic heterocycles. The van der Waals surface area contributed by atoms with E-state index in [-0.39, 0.29) is 24.5 Å². The van der Waals surface area contributed by atoms with Crippen LogP contribution in [0.15, 0.2) is 30.3 Å². The number of nitrogens with one attached hydrogen (secondary N) is 1. The van der Waals surface area contributed by atoms with Crippen molar-refractivity contribution in [3.05, 3.63) is 35.9 Å². The third-order valence-corrected chi connectivity index (χ3v) is 4.25. The standard InChI is InChI=1S/C16H21Cl3N2O2/c1-11-9-21(10-12(2)23-11)15(16(17,18)19)20-14(22)8-13-6-4-3-5-7-13/h3-7,11-12,15H,8-10H2,1-2H3,(H,20,22)/t11-,12-,15+/m1/s1. The molecule has 1 fully saturated rings. The third kappa shape index (κ3) is 5.80.